The fourth-order valence-corrected chi connectivity index (χ4v) is 8.15. The summed E-state index contributed by atoms with van der Waals surface area (Å²) in [6.45, 7) is 22.6. The molecular weight excluding hydrogens is 599 g/mol. The number of fused-ring (bicyclic) bond motifs is 1. The zero-order valence-corrected chi connectivity index (χ0v) is 29.2. The van der Waals surface area contributed by atoms with Gasteiger partial charge < -0.3 is 23.5 Å². The molecule has 41 heavy (non-hydrogen) atoms. The van der Waals surface area contributed by atoms with Crippen molar-refractivity contribution < 1.29 is 26.2 Å². The van der Waals surface area contributed by atoms with Crippen molar-refractivity contribution in [3.05, 3.63) is 23.8 Å². The number of hydrogen-bond acceptors (Lipinski definition) is 11. The van der Waals surface area contributed by atoms with E-state index in [4.69, 9.17) is 23.5 Å². The number of nitrogens with zero attached hydrogens (tertiary/aromatic N) is 4. The van der Waals surface area contributed by atoms with Crippen LogP contribution >= 0.6 is 11.3 Å². The molecule has 0 aliphatic carbocycles. The van der Waals surface area contributed by atoms with Crippen LogP contribution in [0.3, 0.4) is 0 Å². The van der Waals surface area contributed by atoms with Crippen LogP contribution in [0, 0.1) is 0 Å². The van der Waals surface area contributed by atoms with Crippen LogP contribution in [0.4, 0.5) is 5.95 Å². The first-order chi connectivity index (χ1) is 18.7. The van der Waals surface area contributed by atoms with E-state index in [2.05, 4.69) is 82.7 Å². The fraction of sp³-hybridized carbons (Fsp3) is 0.654. The van der Waals surface area contributed by atoms with Crippen LogP contribution in [0.15, 0.2) is 28.0 Å². The van der Waals surface area contributed by atoms with Gasteiger partial charge in [0.1, 0.15) is 12.3 Å². The molecule has 4 heterocycles. The van der Waals surface area contributed by atoms with E-state index in [0.29, 0.717) is 18.7 Å². The Bertz CT molecular complexity index is 1480. The third-order valence-electron chi connectivity index (χ3n) is 8.49. The predicted octanol–water partition coefficient (Wildman–Crippen LogP) is 5.94. The van der Waals surface area contributed by atoms with Crippen molar-refractivity contribution in [1.82, 2.24) is 19.5 Å². The summed E-state index contributed by atoms with van der Waals surface area (Å²) >= 11 is 1.05. The summed E-state index contributed by atoms with van der Waals surface area (Å²) in [5.41, 5.74) is 6.49. The van der Waals surface area contributed by atoms with Crippen molar-refractivity contribution in [2.45, 2.75) is 107 Å². The van der Waals surface area contributed by atoms with E-state index in [-0.39, 0.29) is 43.8 Å². The van der Waals surface area contributed by atoms with Crippen molar-refractivity contribution in [3.63, 3.8) is 0 Å². The first kappa shape index (κ1) is 32.0. The minimum atomic E-state index is -4.11. The SMILES string of the molecule is CC(C)(C)[Si](C)(C)OC[C@H]1O[C@@H](n2cnc3c(OS(=O)(=O)c4cccs4)nc(N)nc32)C[C@@H]1O[Si](C)(C)C(C)(C)C. The van der Waals surface area contributed by atoms with E-state index in [0.717, 1.165) is 11.3 Å². The normalized spacial score (nSPS) is 21.1. The molecule has 15 heteroatoms. The van der Waals surface area contributed by atoms with Crippen molar-refractivity contribution >= 4 is 55.2 Å². The van der Waals surface area contributed by atoms with Crippen molar-refractivity contribution in [2.24, 2.45) is 0 Å². The second kappa shape index (κ2) is 11.0. The first-order valence-corrected chi connectivity index (χ1v) is 21.8. The molecule has 3 aromatic rings. The molecule has 0 spiro atoms. The highest BCUT2D eigenvalue weighted by atomic mass is 32.3. The summed E-state index contributed by atoms with van der Waals surface area (Å²) in [6.07, 6.45) is 1.08. The Morgan fingerprint density at radius 2 is 1.76 bits per heavy atom. The molecule has 0 saturated carbocycles. The molecule has 0 bridgehead atoms. The lowest BCUT2D eigenvalue weighted by Gasteiger charge is -2.40. The number of imidazole rings is 1. The highest BCUT2D eigenvalue weighted by Crippen LogP contribution is 2.43. The molecule has 3 atom stereocenters. The van der Waals surface area contributed by atoms with Crippen LogP contribution in [0.2, 0.25) is 36.3 Å². The van der Waals surface area contributed by atoms with Gasteiger partial charge in [-0.25, -0.2) is 4.98 Å². The summed E-state index contributed by atoms with van der Waals surface area (Å²) in [5, 5.41) is 1.72. The van der Waals surface area contributed by atoms with Gasteiger partial charge >= 0.3 is 10.1 Å². The van der Waals surface area contributed by atoms with Crippen LogP contribution in [0.5, 0.6) is 5.88 Å². The first-order valence-electron chi connectivity index (χ1n) is 13.7. The maximum Gasteiger partial charge on any atom is 0.350 e. The third-order valence-corrected chi connectivity index (χ3v) is 20.1. The molecule has 0 amide bonds. The van der Waals surface area contributed by atoms with E-state index in [9.17, 15) is 8.42 Å². The Morgan fingerprint density at radius 1 is 1.10 bits per heavy atom. The Kier molecular flexibility index (Phi) is 8.59. The zero-order chi connectivity index (χ0) is 30.6. The average molecular weight is 642 g/mol. The van der Waals surface area contributed by atoms with E-state index in [1.807, 2.05) is 0 Å². The topological polar surface area (TPSA) is 141 Å². The number of thiophene rings is 1. The van der Waals surface area contributed by atoms with Crippen molar-refractivity contribution in [1.29, 1.82) is 0 Å². The van der Waals surface area contributed by atoms with Gasteiger partial charge in [0, 0.05) is 6.42 Å². The van der Waals surface area contributed by atoms with Gasteiger partial charge in [0.25, 0.3) is 5.88 Å². The molecule has 0 unspecified atom stereocenters. The van der Waals surface area contributed by atoms with Crippen molar-refractivity contribution in [3.8, 4) is 5.88 Å². The van der Waals surface area contributed by atoms with Crippen molar-refractivity contribution in [2.75, 3.05) is 12.3 Å². The minimum Gasteiger partial charge on any atom is -0.414 e. The number of ether oxygens (including phenoxy) is 1. The molecular formula is C26H43N5O6S2Si2. The maximum atomic E-state index is 12.8. The molecule has 1 saturated heterocycles. The van der Waals surface area contributed by atoms with Crippen LogP contribution < -0.4 is 9.92 Å². The monoisotopic (exact) mass is 641 g/mol. The summed E-state index contributed by atoms with van der Waals surface area (Å²) in [6, 6.07) is 3.09. The van der Waals surface area contributed by atoms with Gasteiger partial charge in [0.2, 0.25) is 5.95 Å². The summed E-state index contributed by atoms with van der Waals surface area (Å²) in [7, 11) is -8.30. The molecule has 3 aromatic heterocycles. The van der Waals surface area contributed by atoms with E-state index >= 15 is 0 Å². The Hall–Kier alpha value is -1.89. The summed E-state index contributed by atoms with van der Waals surface area (Å²) < 4.78 is 52.8. The van der Waals surface area contributed by atoms with Gasteiger partial charge in [-0.3, -0.25) is 4.57 Å². The zero-order valence-electron chi connectivity index (χ0n) is 25.6. The lowest BCUT2D eigenvalue weighted by molar-refractivity contribution is -0.0383. The summed E-state index contributed by atoms with van der Waals surface area (Å²) in [5.74, 6) is -0.370. The molecule has 0 aromatic carbocycles. The van der Waals surface area contributed by atoms with Gasteiger partial charge in [0.05, 0.1) is 19.0 Å². The van der Waals surface area contributed by atoms with Gasteiger partial charge in [-0.15, -0.1) is 11.3 Å². The third kappa shape index (κ3) is 6.70. The van der Waals surface area contributed by atoms with Crippen LogP contribution in [0.25, 0.3) is 11.2 Å². The highest BCUT2D eigenvalue weighted by molar-refractivity contribution is 7.89. The second-order valence-corrected chi connectivity index (χ2v) is 25.8. The number of nitrogen functional groups attached to an aromatic ring is 1. The van der Waals surface area contributed by atoms with Gasteiger partial charge in [-0.1, -0.05) is 47.6 Å². The quantitative estimate of drug-likeness (QED) is 0.220. The van der Waals surface area contributed by atoms with Gasteiger partial charge in [-0.05, 0) is 47.7 Å². The molecule has 4 rings (SSSR count). The largest absolute Gasteiger partial charge is 0.414 e. The Balaban J connectivity index is 1.66. The molecule has 0 radical (unpaired) electrons. The smallest absolute Gasteiger partial charge is 0.350 e. The predicted molar refractivity (Wildman–Crippen MR) is 166 cm³/mol. The van der Waals surface area contributed by atoms with E-state index < -0.39 is 33.0 Å². The lowest BCUT2D eigenvalue weighted by atomic mass is 10.2. The fourth-order valence-electron chi connectivity index (χ4n) is 3.93. The highest BCUT2D eigenvalue weighted by Gasteiger charge is 2.47. The maximum absolute atomic E-state index is 12.8. The number of rotatable bonds is 9. The van der Waals surface area contributed by atoms with Crippen LogP contribution in [-0.2, 0) is 23.7 Å². The summed E-state index contributed by atoms with van der Waals surface area (Å²) in [4.78, 5) is 12.8. The molecule has 1 aliphatic heterocycles. The van der Waals surface area contributed by atoms with E-state index in [1.165, 1.54) is 6.07 Å². The second-order valence-electron chi connectivity index (χ2n) is 13.5. The van der Waals surface area contributed by atoms with Crippen LogP contribution in [-0.4, -0.2) is 63.4 Å². The number of hydrogen-bond donors (Lipinski definition) is 1. The molecule has 11 nitrogen and oxygen atoms in total. The molecule has 228 valence electrons. The average Bonchev–Trinajstić information content (AvgIpc) is 3.56. The molecule has 2 N–H and O–H groups in total. The van der Waals surface area contributed by atoms with Gasteiger partial charge in [-0.2, -0.15) is 18.4 Å². The molecule has 1 aliphatic rings. The van der Waals surface area contributed by atoms with Crippen LogP contribution in [0.1, 0.15) is 54.2 Å². The standard InChI is InChI=1S/C26H43N5O6S2Si2/c1-25(2,3)40(7,8)34-15-18-17(37-41(9,10)26(4,5)6)14-19(35-18)31-16-28-21-22(31)29-24(27)30-23(21)36-39(32,33)20-12-11-13-38-20/h11-13,16-19H,14-15H2,1-10H3,(H2,27,29,30)/t17-,18+,19+/m0/s1. The number of nitrogens with two attached hydrogens (primary N) is 1. The Morgan fingerprint density at radius 3 is 2.34 bits per heavy atom. The number of anilines is 1. The minimum absolute atomic E-state index is 0.0135. The van der Waals surface area contributed by atoms with E-state index in [1.54, 1.807) is 22.3 Å². The van der Waals surface area contributed by atoms with Gasteiger partial charge in [0.15, 0.2) is 32.0 Å². The molecule has 1 fully saturated rings. The lowest BCUT2D eigenvalue weighted by Crippen LogP contribution is -2.48. The Labute approximate surface area is 249 Å². The number of aromatic nitrogens is 4.